The third kappa shape index (κ3) is 6.86. The summed E-state index contributed by atoms with van der Waals surface area (Å²) in [7, 11) is 0. The number of nitrogens with zero attached hydrogens (tertiary/aromatic N) is 1. The standard InChI is InChI=1S/C25H25Cl2F4NO2/c26-19-8-16(12-25(29,30)31)7-17(9-19)13-32-5-3-15(4-6-32)14-34-23-11-22(28)21(24(27)33)10-20(23)18-1-2-18/h7-11,15,18H,1-6,12-14H2. The molecule has 1 saturated heterocycles. The lowest BCUT2D eigenvalue weighted by atomic mass is 9.97. The van der Waals surface area contributed by atoms with Crippen LogP contribution >= 0.6 is 23.2 Å². The molecule has 9 heteroatoms. The lowest BCUT2D eigenvalue weighted by Gasteiger charge is -2.32. The molecule has 3 nitrogen and oxygen atoms in total. The van der Waals surface area contributed by atoms with Gasteiger partial charge in [-0.15, -0.1) is 0 Å². The normalized spacial score (nSPS) is 17.7. The van der Waals surface area contributed by atoms with E-state index in [9.17, 15) is 22.4 Å². The number of ether oxygens (including phenoxy) is 1. The van der Waals surface area contributed by atoms with E-state index in [4.69, 9.17) is 27.9 Å². The SMILES string of the molecule is O=C(Cl)c1cc(C2CC2)c(OCC2CCN(Cc3cc(Cl)cc(CC(F)(F)F)c3)CC2)cc1F. The fraction of sp³-hybridized carbons (Fsp3) is 0.480. The van der Waals surface area contributed by atoms with Gasteiger partial charge in [0.15, 0.2) is 0 Å². The van der Waals surface area contributed by atoms with Gasteiger partial charge in [0, 0.05) is 17.6 Å². The van der Waals surface area contributed by atoms with Crippen LogP contribution in [0.1, 0.15) is 58.6 Å². The average molecular weight is 518 g/mol. The van der Waals surface area contributed by atoms with E-state index in [2.05, 4.69) is 4.90 Å². The van der Waals surface area contributed by atoms with Crippen LogP contribution in [-0.2, 0) is 13.0 Å². The number of halogens is 6. The van der Waals surface area contributed by atoms with Crippen molar-refractivity contribution in [3.05, 3.63) is 63.4 Å². The number of hydrogen-bond donors (Lipinski definition) is 0. The van der Waals surface area contributed by atoms with E-state index in [1.807, 2.05) is 0 Å². The number of likely N-dealkylation sites (tertiary alicyclic amines) is 1. The van der Waals surface area contributed by atoms with Crippen molar-refractivity contribution in [3.63, 3.8) is 0 Å². The van der Waals surface area contributed by atoms with Crippen molar-refractivity contribution in [2.24, 2.45) is 5.92 Å². The summed E-state index contributed by atoms with van der Waals surface area (Å²) < 4.78 is 58.5. The van der Waals surface area contributed by atoms with Crippen molar-refractivity contribution < 1.29 is 27.1 Å². The van der Waals surface area contributed by atoms with Crippen LogP contribution in [0.2, 0.25) is 5.02 Å². The summed E-state index contributed by atoms with van der Waals surface area (Å²) in [6.07, 6.45) is -1.61. The van der Waals surface area contributed by atoms with Crippen LogP contribution in [-0.4, -0.2) is 36.0 Å². The highest BCUT2D eigenvalue weighted by Gasteiger charge is 2.30. The molecule has 2 aromatic carbocycles. The molecule has 0 N–H and O–H groups in total. The highest BCUT2D eigenvalue weighted by molar-refractivity contribution is 6.67. The molecule has 1 saturated carbocycles. The van der Waals surface area contributed by atoms with Crippen molar-refractivity contribution in [3.8, 4) is 5.75 Å². The van der Waals surface area contributed by atoms with Gasteiger partial charge in [-0.2, -0.15) is 13.2 Å². The molecule has 0 unspecified atom stereocenters. The predicted octanol–water partition coefficient (Wildman–Crippen LogP) is 7.13. The first kappa shape index (κ1) is 25.3. The van der Waals surface area contributed by atoms with Gasteiger partial charge in [-0.05, 0) is 97.1 Å². The number of rotatable bonds is 8. The molecule has 1 aliphatic heterocycles. The maximum Gasteiger partial charge on any atom is 0.393 e. The van der Waals surface area contributed by atoms with Crippen molar-refractivity contribution in [1.82, 2.24) is 4.90 Å². The Labute approximate surface area is 206 Å². The Kier molecular flexibility index (Phi) is 7.75. The van der Waals surface area contributed by atoms with Gasteiger partial charge < -0.3 is 4.74 Å². The average Bonchev–Trinajstić information content (AvgIpc) is 3.56. The number of hydrogen-bond acceptors (Lipinski definition) is 3. The second-order valence-electron chi connectivity index (χ2n) is 9.21. The lowest BCUT2D eigenvalue weighted by Crippen LogP contribution is -2.35. The Morgan fingerprint density at radius 3 is 2.32 bits per heavy atom. The summed E-state index contributed by atoms with van der Waals surface area (Å²) >= 11 is 11.5. The fourth-order valence-corrected chi connectivity index (χ4v) is 4.91. The molecule has 2 aromatic rings. The molecule has 0 aromatic heterocycles. The summed E-state index contributed by atoms with van der Waals surface area (Å²) in [5, 5.41) is -0.510. The molecule has 0 atom stereocenters. The Morgan fingerprint density at radius 1 is 1.03 bits per heavy atom. The van der Waals surface area contributed by atoms with E-state index in [0.29, 0.717) is 23.9 Å². The Hall–Kier alpha value is -1.83. The van der Waals surface area contributed by atoms with Crippen LogP contribution in [0.3, 0.4) is 0 Å². The van der Waals surface area contributed by atoms with E-state index in [1.54, 1.807) is 12.1 Å². The van der Waals surface area contributed by atoms with Crippen LogP contribution in [0.5, 0.6) is 5.75 Å². The van der Waals surface area contributed by atoms with E-state index in [1.165, 1.54) is 18.2 Å². The van der Waals surface area contributed by atoms with Gasteiger partial charge in [0.05, 0.1) is 18.6 Å². The monoisotopic (exact) mass is 517 g/mol. The first-order chi connectivity index (χ1) is 16.1. The minimum absolute atomic E-state index is 0.122. The van der Waals surface area contributed by atoms with Crippen LogP contribution < -0.4 is 4.74 Å². The Morgan fingerprint density at radius 2 is 1.71 bits per heavy atom. The molecule has 184 valence electrons. The first-order valence-electron chi connectivity index (χ1n) is 11.3. The molecular formula is C25H25Cl2F4NO2. The molecule has 0 spiro atoms. The predicted molar refractivity (Wildman–Crippen MR) is 123 cm³/mol. The van der Waals surface area contributed by atoms with Crippen molar-refractivity contribution in [2.45, 2.75) is 50.7 Å². The van der Waals surface area contributed by atoms with E-state index < -0.39 is 23.7 Å². The summed E-state index contributed by atoms with van der Waals surface area (Å²) in [5.74, 6) is 0.342. The van der Waals surface area contributed by atoms with Gasteiger partial charge in [0.1, 0.15) is 11.6 Å². The fourth-order valence-electron chi connectivity index (χ4n) is 4.48. The van der Waals surface area contributed by atoms with Gasteiger partial charge in [0.2, 0.25) is 0 Å². The van der Waals surface area contributed by atoms with Crippen molar-refractivity contribution in [2.75, 3.05) is 19.7 Å². The van der Waals surface area contributed by atoms with Gasteiger partial charge in [0.25, 0.3) is 5.24 Å². The van der Waals surface area contributed by atoms with Crippen LogP contribution in [0.25, 0.3) is 0 Å². The second kappa shape index (κ2) is 10.4. The number of carbonyl (C=O) groups excluding carboxylic acids is 1. The van der Waals surface area contributed by atoms with Gasteiger partial charge in [-0.25, -0.2) is 4.39 Å². The highest BCUT2D eigenvalue weighted by Crippen LogP contribution is 2.45. The zero-order chi connectivity index (χ0) is 24.5. The molecule has 1 heterocycles. The summed E-state index contributed by atoms with van der Waals surface area (Å²) in [6.45, 7) is 2.52. The van der Waals surface area contributed by atoms with Gasteiger partial charge in [-0.3, -0.25) is 9.69 Å². The number of piperidine rings is 1. The maximum atomic E-state index is 14.3. The largest absolute Gasteiger partial charge is 0.493 e. The smallest absolute Gasteiger partial charge is 0.393 e. The quantitative estimate of drug-likeness (QED) is 0.275. The van der Waals surface area contributed by atoms with E-state index in [-0.39, 0.29) is 23.0 Å². The molecule has 1 aliphatic carbocycles. The van der Waals surface area contributed by atoms with Crippen LogP contribution in [0, 0.1) is 11.7 Å². The Balaban J connectivity index is 1.31. The van der Waals surface area contributed by atoms with E-state index >= 15 is 0 Å². The lowest BCUT2D eigenvalue weighted by molar-refractivity contribution is -0.127. The molecule has 2 fully saturated rings. The highest BCUT2D eigenvalue weighted by atomic mass is 35.5. The summed E-state index contributed by atoms with van der Waals surface area (Å²) in [5.41, 5.74) is 1.64. The van der Waals surface area contributed by atoms with Crippen LogP contribution in [0.15, 0.2) is 30.3 Å². The topological polar surface area (TPSA) is 29.5 Å². The minimum Gasteiger partial charge on any atom is -0.493 e. The van der Waals surface area contributed by atoms with Gasteiger partial charge >= 0.3 is 6.18 Å². The Bertz CT molecular complexity index is 1050. The zero-order valence-corrected chi connectivity index (χ0v) is 19.9. The third-order valence-corrected chi connectivity index (χ3v) is 6.76. The molecule has 0 amide bonds. The molecule has 2 aliphatic rings. The molecule has 0 radical (unpaired) electrons. The number of carbonyl (C=O) groups is 1. The molecular weight excluding hydrogens is 493 g/mol. The summed E-state index contributed by atoms with van der Waals surface area (Å²) in [4.78, 5) is 13.7. The first-order valence-corrected chi connectivity index (χ1v) is 12.1. The maximum absolute atomic E-state index is 14.3. The number of benzene rings is 2. The van der Waals surface area contributed by atoms with Crippen LogP contribution in [0.4, 0.5) is 17.6 Å². The molecule has 34 heavy (non-hydrogen) atoms. The molecule has 0 bridgehead atoms. The molecule has 4 rings (SSSR count). The zero-order valence-electron chi connectivity index (χ0n) is 18.4. The van der Waals surface area contributed by atoms with Crippen molar-refractivity contribution in [1.29, 1.82) is 0 Å². The third-order valence-electron chi connectivity index (χ3n) is 6.34. The van der Waals surface area contributed by atoms with Crippen molar-refractivity contribution >= 4 is 28.4 Å². The summed E-state index contributed by atoms with van der Waals surface area (Å²) in [6, 6.07) is 7.41. The minimum atomic E-state index is -4.28. The van der Waals surface area contributed by atoms with Gasteiger partial charge in [-0.1, -0.05) is 17.7 Å². The second-order valence-corrected chi connectivity index (χ2v) is 9.99. The number of alkyl halides is 3. The van der Waals surface area contributed by atoms with E-state index in [0.717, 1.165) is 49.9 Å².